The Morgan fingerprint density at radius 2 is 1.89 bits per heavy atom. The highest BCUT2D eigenvalue weighted by atomic mass is 35.5. The van der Waals surface area contributed by atoms with Gasteiger partial charge in [0.25, 0.3) is 0 Å². The molecule has 0 N–H and O–H groups in total. The monoisotopic (exact) mass is 300 g/mol. The fourth-order valence-corrected chi connectivity index (χ4v) is 3.18. The Kier molecular flexibility index (Phi) is 4.75. The topological polar surface area (TPSA) is 16.1 Å². The molecule has 19 heavy (non-hydrogen) atoms. The zero-order chi connectivity index (χ0) is 14.0. The summed E-state index contributed by atoms with van der Waals surface area (Å²) in [4.78, 5) is 6.57. The Morgan fingerprint density at radius 1 is 1.26 bits per heavy atom. The molecule has 106 valence electrons. The zero-order valence-corrected chi connectivity index (χ0v) is 13.4. The first-order valence-electron chi connectivity index (χ1n) is 6.88. The van der Waals surface area contributed by atoms with Gasteiger partial charge in [-0.05, 0) is 43.3 Å². The van der Waals surface area contributed by atoms with Crippen LogP contribution >= 0.6 is 23.2 Å². The first kappa shape index (κ1) is 15.1. The van der Waals surface area contributed by atoms with Crippen molar-refractivity contribution in [1.82, 2.24) is 9.88 Å². The van der Waals surface area contributed by atoms with Gasteiger partial charge in [0.15, 0.2) is 0 Å². The predicted molar refractivity (Wildman–Crippen MR) is 81.7 cm³/mol. The number of hydrogen-bond acceptors (Lipinski definition) is 2. The third kappa shape index (κ3) is 4.08. The van der Waals surface area contributed by atoms with E-state index in [4.69, 9.17) is 23.2 Å². The number of pyridine rings is 1. The van der Waals surface area contributed by atoms with Crippen molar-refractivity contribution < 1.29 is 0 Å². The van der Waals surface area contributed by atoms with Crippen LogP contribution in [-0.4, -0.2) is 23.0 Å². The van der Waals surface area contributed by atoms with Gasteiger partial charge in [0.2, 0.25) is 0 Å². The van der Waals surface area contributed by atoms with Crippen LogP contribution in [0.25, 0.3) is 0 Å². The third-order valence-electron chi connectivity index (χ3n) is 4.10. The molecule has 0 radical (unpaired) electrons. The normalized spacial score (nSPS) is 18.8. The minimum atomic E-state index is 0.422. The summed E-state index contributed by atoms with van der Waals surface area (Å²) in [6.07, 6.45) is 4.32. The summed E-state index contributed by atoms with van der Waals surface area (Å²) < 4.78 is 0. The van der Waals surface area contributed by atoms with Gasteiger partial charge in [0, 0.05) is 23.3 Å². The quantitative estimate of drug-likeness (QED) is 0.739. The largest absolute Gasteiger partial charge is 0.299 e. The van der Waals surface area contributed by atoms with Crippen LogP contribution in [0, 0.1) is 11.3 Å². The molecule has 0 unspecified atom stereocenters. The highest BCUT2D eigenvalue weighted by Crippen LogP contribution is 2.34. The van der Waals surface area contributed by atoms with Crippen molar-refractivity contribution in [2.24, 2.45) is 11.3 Å². The molecular formula is C15H22Cl2N2. The molecule has 1 aliphatic rings. The second-order valence-electron chi connectivity index (χ2n) is 6.51. The molecule has 1 aromatic rings. The Bertz CT molecular complexity index is 432. The number of halogens is 2. The number of hydrogen-bond donors (Lipinski definition) is 0. The van der Waals surface area contributed by atoms with Crippen molar-refractivity contribution >= 4 is 23.2 Å². The Hall–Kier alpha value is -0.310. The van der Waals surface area contributed by atoms with Gasteiger partial charge in [-0.2, -0.15) is 0 Å². The first-order valence-corrected chi connectivity index (χ1v) is 7.64. The van der Waals surface area contributed by atoms with Crippen molar-refractivity contribution in [1.29, 1.82) is 0 Å². The minimum Gasteiger partial charge on any atom is -0.299 e. The molecule has 1 fully saturated rings. The fourth-order valence-electron chi connectivity index (χ4n) is 2.75. The second-order valence-corrected chi connectivity index (χ2v) is 7.31. The summed E-state index contributed by atoms with van der Waals surface area (Å²) in [5.74, 6) is 0.822. The van der Waals surface area contributed by atoms with Crippen molar-refractivity contribution in [3.63, 3.8) is 0 Å². The van der Waals surface area contributed by atoms with E-state index in [1.165, 1.54) is 12.8 Å². The smallest absolute Gasteiger partial charge is 0.130 e. The second kappa shape index (κ2) is 5.99. The molecule has 2 rings (SSSR count). The van der Waals surface area contributed by atoms with Gasteiger partial charge in [-0.3, -0.25) is 4.90 Å². The van der Waals surface area contributed by atoms with Crippen LogP contribution in [0.1, 0.15) is 39.2 Å². The van der Waals surface area contributed by atoms with E-state index in [1.54, 1.807) is 12.3 Å². The highest BCUT2D eigenvalue weighted by Gasteiger charge is 2.28. The molecule has 0 atom stereocenters. The molecular weight excluding hydrogens is 279 g/mol. The Morgan fingerprint density at radius 3 is 2.42 bits per heavy atom. The van der Waals surface area contributed by atoms with Gasteiger partial charge in [-0.1, -0.05) is 44.0 Å². The van der Waals surface area contributed by atoms with Crippen LogP contribution in [0.4, 0.5) is 0 Å². The van der Waals surface area contributed by atoms with Crippen LogP contribution < -0.4 is 0 Å². The third-order valence-corrected chi connectivity index (χ3v) is 4.66. The van der Waals surface area contributed by atoms with Crippen LogP contribution in [0.5, 0.6) is 0 Å². The van der Waals surface area contributed by atoms with E-state index in [0.29, 0.717) is 10.6 Å². The molecule has 0 amide bonds. The molecule has 0 aromatic carbocycles. The van der Waals surface area contributed by atoms with Crippen LogP contribution in [0.15, 0.2) is 12.3 Å². The number of rotatable bonds is 2. The van der Waals surface area contributed by atoms with E-state index in [1.807, 2.05) is 0 Å². The Labute approximate surface area is 126 Å². The molecule has 0 bridgehead atoms. The molecule has 1 saturated heterocycles. The predicted octanol–water partition coefficient (Wildman–Crippen LogP) is 4.65. The zero-order valence-electron chi connectivity index (χ0n) is 11.9. The van der Waals surface area contributed by atoms with Gasteiger partial charge in [-0.15, -0.1) is 0 Å². The molecule has 2 heterocycles. The van der Waals surface area contributed by atoms with E-state index < -0.39 is 0 Å². The molecule has 0 spiro atoms. The molecule has 1 aliphatic heterocycles. The van der Waals surface area contributed by atoms with Crippen LogP contribution in [0.3, 0.4) is 0 Å². The lowest BCUT2D eigenvalue weighted by atomic mass is 9.75. The summed E-state index contributed by atoms with van der Waals surface area (Å²) in [6.45, 7) is 10.2. The highest BCUT2D eigenvalue weighted by molar-refractivity contribution is 6.34. The standard InChI is InChI=1S/C15H22Cl2N2/c1-15(2,3)12-4-6-19(7-5-12)10-11-9-18-14(17)8-13(11)16/h8-9,12H,4-7,10H2,1-3H3. The van der Waals surface area contributed by atoms with Gasteiger partial charge in [0.05, 0.1) is 0 Å². The lowest BCUT2D eigenvalue weighted by molar-refractivity contribution is 0.108. The number of piperidine rings is 1. The van der Waals surface area contributed by atoms with Crippen molar-refractivity contribution in [2.75, 3.05) is 13.1 Å². The van der Waals surface area contributed by atoms with Crippen LogP contribution in [0.2, 0.25) is 10.2 Å². The number of nitrogens with zero attached hydrogens (tertiary/aromatic N) is 2. The maximum absolute atomic E-state index is 6.20. The van der Waals surface area contributed by atoms with Gasteiger partial charge >= 0.3 is 0 Å². The first-order chi connectivity index (χ1) is 8.86. The van der Waals surface area contributed by atoms with Crippen LogP contribution in [-0.2, 0) is 6.54 Å². The number of likely N-dealkylation sites (tertiary alicyclic amines) is 1. The molecule has 0 saturated carbocycles. The summed E-state index contributed by atoms with van der Waals surface area (Å²) in [5, 5.41) is 1.18. The summed E-state index contributed by atoms with van der Waals surface area (Å²) in [7, 11) is 0. The van der Waals surface area contributed by atoms with Crippen molar-refractivity contribution in [2.45, 2.75) is 40.2 Å². The van der Waals surface area contributed by atoms with E-state index >= 15 is 0 Å². The average molecular weight is 301 g/mol. The van der Waals surface area contributed by atoms with Gasteiger partial charge in [-0.25, -0.2) is 4.98 Å². The molecule has 1 aromatic heterocycles. The van der Waals surface area contributed by atoms with E-state index in [9.17, 15) is 0 Å². The maximum atomic E-state index is 6.20. The fraction of sp³-hybridized carbons (Fsp3) is 0.667. The van der Waals surface area contributed by atoms with E-state index in [0.717, 1.165) is 36.1 Å². The minimum absolute atomic E-state index is 0.422. The summed E-state index contributed by atoms with van der Waals surface area (Å²) in [5.41, 5.74) is 1.49. The molecule has 2 nitrogen and oxygen atoms in total. The van der Waals surface area contributed by atoms with Crippen molar-refractivity contribution in [3.8, 4) is 0 Å². The van der Waals surface area contributed by atoms with E-state index in [-0.39, 0.29) is 0 Å². The Balaban J connectivity index is 1.92. The van der Waals surface area contributed by atoms with Gasteiger partial charge < -0.3 is 0 Å². The molecule has 4 heteroatoms. The lowest BCUT2D eigenvalue weighted by Gasteiger charge is -2.38. The number of aromatic nitrogens is 1. The average Bonchev–Trinajstić information content (AvgIpc) is 2.32. The maximum Gasteiger partial charge on any atom is 0.130 e. The van der Waals surface area contributed by atoms with E-state index in [2.05, 4.69) is 30.7 Å². The summed E-state index contributed by atoms with van der Waals surface area (Å²) >= 11 is 12.0. The lowest BCUT2D eigenvalue weighted by Crippen LogP contribution is -2.37. The SMILES string of the molecule is CC(C)(C)C1CCN(Cc2cnc(Cl)cc2Cl)CC1. The summed E-state index contributed by atoms with van der Waals surface area (Å²) in [6, 6.07) is 1.72. The molecule has 0 aliphatic carbocycles. The van der Waals surface area contributed by atoms with Crippen molar-refractivity contribution in [3.05, 3.63) is 28.0 Å². The van der Waals surface area contributed by atoms with Gasteiger partial charge in [0.1, 0.15) is 5.15 Å².